The summed E-state index contributed by atoms with van der Waals surface area (Å²) < 4.78 is 6.44. The minimum absolute atomic E-state index is 0.636. The zero-order valence-electron chi connectivity index (χ0n) is 11.5. The predicted molar refractivity (Wildman–Crippen MR) is 80.1 cm³/mol. The summed E-state index contributed by atoms with van der Waals surface area (Å²) in [5.41, 5.74) is 3.00. The van der Waals surface area contributed by atoms with Gasteiger partial charge in [-0.3, -0.25) is 0 Å². The Morgan fingerprint density at radius 3 is 2.74 bits per heavy atom. The van der Waals surface area contributed by atoms with Crippen LogP contribution in [0, 0.1) is 18.5 Å². The maximum absolute atomic E-state index is 5.80. The Bertz CT molecular complexity index is 634. The standard InChI is InChI=1S/C15H18N2OS/c1-4-9-18-13-8-6-5-7-12(13)14-10(2)15(19)17-11(3)16-14/h5-8H,4,9H2,1-3H3,(H,16,17,19). The van der Waals surface area contributed by atoms with Crippen LogP contribution < -0.4 is 4.74 Å². The second-order valence-electron chi connectivity index (χ2n) is 4.47. The summed E-state index contributed by atoms with van der Waals surface area (Å²) in [5.74, 6) is 1.69. The molecule has 0 amide bonds. The number of benzene rings is 1. The van der Waals surface area contributed by atoms with E-state index < -0.39 is 0 Å². The van der Waals surface area contributed by atoms with Gasteiger partial charge in [0.2, 0.25) is 0 Å². The molecule has 1 heterocycles. The molecule has 0 saturated carbocycles. The van der Waals surface area contributed by atoms with Crippen LogP contribution in [0.2, 0.25) is 0 Å². The molecule has 0 aliphatic rings. The van der Waals surface area contributed by atoms with Crippen LogP contribution in [0.4, 0.5) is 0 Å². The van der Waals surface area contributed by atoms with Crippen molar-refractivity contribution >= 4 is 12.2 Å². The van der Waals surface area contributed by atoms with Crippen LogP contribution in [0.3, 0.4) is 0 Å². The molecule has 0 spiro atoms. The van der Waals surface area contributed by atoms with Crippen LogP contribution in [0.5, 0.6) is 5.75 Å². The van der Waals surface area contributed by atoms with Crippen LogP contribution in [-0.4, -0.2) is 16.6 Å². The molecule has 3 nitrogen and oxygen atoms in total. The largest absolute Gasteiger partial charge is 0.493 e. The van der Waals surface area contributed by atoms with Crippen molar-refractivity contribution in [2.45, 2.75) is 27.2 Å². The molecule has 1 aromatic carbocycles. The second-order valence-corrected chi connectivity index (χ2v) is 4.86. The fourth-order valence-electron chi connectivity index (χ4n) is 1.93. The highest BCUT2D eigenvalue weighted by Gasteiger charge is 2.10. The molecule has 1 aromatic heterocycles. The summed E-state index contributed by atoms with van der Waals surface area (Å²) in [5, 5.41) is 0. The molecule has 19 heavy (non-hydrogen) atoms. The lowest BCUT2D eigenvalue weighted by molar-refractivity contribution is 0.318. The Morgan fingerprint density at radius 2 is 2.00 bits per heavy atom. The van der Waals surface area contributed by atoms with Crippen molar-refractivity contribution in [1.29, 1.82) is 0 Å². The maximum atomic E-state index is 5.80. The normalized spacial score (nSPS) is 10.5. The van der Waals surface area contributed by atoms with Gasteiger partial charge in [-0.25, -0.2) is 4.98 Å². The van der Waals surface area contributed by atoms with E-state index >= 15 is 0 Å². The Hall–Kier alpha value is -1.68. The Balaban J connectivity index is 2.56. The molecular weight excluding hydrogens is 256 g/mol. The number of nitrogens with one attached hydrogen (secondary N) is 1. The highest BCUT2D eigenvalue weighted by Crippen LogP contribution is 2.30. The molecule has 2 rings (SSSR count). The number of H-pyrrole nitrogens is 1. The molecule has 0 saturated heterocycles. The van der Waals surface area contributed by atoms with Crippen LogP contribution in [0.1, 0.15) is 24.7 Å². The number of aryl methyl sites for hydroxylation is 1. The van der Waals surface area contributed by atoms with Crippen LogP contribution in [0.15, 0.2) is 24.3 Å². The third kappa shape index (κ3) is 3.01. The number of hydrogen-bond donors (Lipinski definition) is 1. The van der Waals surface area contributed by atoms with Crippen molar-refractivity contribution in [2.75, 3.05) is 6.61 Å². The van der Waals surface area contributed by atoms with E-state index in [-0.39, 0.29) is 0 Å². The van der Waals surface area contributed by atoms with E-state index in [1.807, 2.05) is 38.1 Å². The fourth-order valence-corrected chi connectivity index (χ4v) is 2.17. The third-order valence-electron chi connectivity index (χ3n) is 2.89. The molecular formula is C15H18N2OS. The van der Waals surface area contributed by atoms with Gasteiger partial charge >= 0.3 is 0 Å². The summed E-state index contributed by atoms with van der Waals surface area (Å²) >= 11 is 5.29. The Labute approximate surface area is 118 Å². The van der Waals surface area contributed by atoms with Crippen molar-refractivity contribution in [3.8, 4) is 17.0 Å². The highest BCUT2D eigenvalue weighted by molar-refractivity contribution is 7.71. The average Bonchev–Trinajstić information content (AvgIpc) is 2.41. The van der Waals surface area contributed by atoms with Crippen molar-refractivity contribution in [2.24, 2.45) is 0 Å². The highest BCUT2D eigenvalue weighted by atomic mass is 32.1. The number of aromatic nitrogens is 2. The van der Waals surface area contributed by atoms with Gasteiger partial charge in [0.1, 0.15) is 16.2 Å². The quantitative estimate of drug-likeness (QED) is 0.849. The second kappa shape index (κ2) is 5.97. The Kier molecular flexibility index (Phi) is 4.32. The number of nitrogens with zero attached hydrogens (tertiary/aromatic N) is 1. The van der Waals surface area contributed by atoms with Crippen molar-refractivity contribution in [3.05, 3.63) is 40.3 Å². The molecule has 0 radical (unpaired) electrons. The molecule has 0 unspecified atom stereocenters. The van der Waals surface area contributed by atoms with Crippen molar-refractivity contribution in [1.82, 2.24) is 9.97 Å². The van der Waals surface area contributed by atoms with Crippen LogP contribution in [-0.2, 0) is 0 Å². The third-order valence-corrected chi connectivity index (χ3v) is 3.29. The van der Waals surface area contributed by atoms with Gasteiger partial charge in [0.25, 0.3) is 0 Å². The molecule has 1 N–H and O–H groups in total. The minimum atomic E-state index is 0.636. The molecule has 0 bridgehead atoms. The monoisotopic (exact) mass is 274 g/mol. The molecule has 0 aliphatic carbocycles. The maximum Gasteiger partial charge on any atom is 0.133 e. The molecule has 100 valence electrons. The average molecular weight is 274 g/mol. The number of hydrogen-bond acceptors (Lipinski definition) is 3. The molecule has 4 heteroatoms. The first-order chi connectivity index (χ1) is 9.13. The molecule has 0 fully saturated rings. The van der Waals surface area contributed by atoms with E-state index in [1.54, 1.807) is 0 Å². The lowest BCUT2D eigenvalue weighted by Gasteiger charge is -2.13. The van der Waals surface area contributed by atoms with Gasteiger partial charge in [-0.1, -0.05) is 31.3 Å². The summed E-state index contributed by atoms with van der Waals surface area (Å²) in [6.07, 6.45) is 0.985. The van der Waals surface area contributed by atoms with Gasteiger partial charge in [0, 0.05) is 11.1 Å². The smallest absolute Gasteiger partial charge is 0.133 e. The van der Waals surface area contributed by atoms with Crippen molar-refractivity contribution < 1.29 is 4.74 Å². The SMILES string of the molecule is CCCOc1ccccc1-c1[nH]c(C)nc(=S)c1C. The van der Waals surface area contributed by atoms with Gasteiger partial charge < -0.3 is 9.72 Å². The zero-order valence-corrected chi connectivity index (χ0v) is 12.3. The number of rotatable bonds is 4. The number of ether oxygens (including phenoxy) is 1. The minimum Gasteiger partial charge on any atom is -0.493 e. The zero-order chi connectivity index (χ0) is 13.8. The number of aromatic amines is 1. The lowest BCUT2D eigenvalue weighted by atomic mass is 10.1. The van der Waals surface area contributed by atoms with Gasteiger partial charge in [0.15, 0.2) is 0 Å². The fraction of sp³-hybridized carbons (Fsp3) is 0.333. The molecule has 2 aromatic rings. The summed E-state index contributed by atoms with van der Waals surface area (Å²) in [6.45, 7) is 6.70. The van der Waals surface area contributed by atoms with E-state index in [4.69, 9.17) is 17.0 Å². The van der Waals surface area contributed by atoms with Crippen molar-refractivity contribution in [3.63, 3.8) is 0 Å². The van der Waals surface area contributed by atoms with E-state index in [0.29, 0.717) is 11.2 Å². The van der Waals surface area contributed by atoms with Gasteiger partial charge in [0.05, 0.1) is 12.3 Å². The first-order valence-electron chi connectivity index (χ1n) is 6.43. The molecule has 0 aliphatic heterocycles. The number of para-hydroxylation sites is 1. The first kappa shape index (κ1) is 13.7. The first-order valence-corrected chi connectivity index (χ1v) is 6.84. The van der Waals surface area contributed by atoms with Gasteiger partial charge in [-0.2, -0.15) is 0 Å². The van der Waals surface area contributed by atoms with Crippen LogP contribution in [0.25, 0.3) is 11.3 Å². The Morgan fingerprint density at radius 1 is 1.26 bits per heavy atom. The van der Waals surface area contributed by atoms with E-state index in [0.717, 1.165) is 34.8 Å². The lowest BCUT2D eigenvalue weighted by Crippen LogP contribution is -2.00. The van der Waals surface area contributed by atoms with Gasteiger partial charge in [-0.05, 0) is 32.4 Å². The summed E-state index contributed by atoms with van der Waals surface area (Å²) in [7, 11) is 0. The van der Waals surface area contributed by atoms with Crippen LogP contribution >= 0.6 is 12.2 Å². The predicted octanol–water partition coefficient (Wildman–Crippen LogP) is 4.21. The summed E-state index contributed by atoms with van der Waals surface area (Å²) in [4.78, 5) is 7.56. The van der Waals surface area contributed by atoms with E-state index in [1.165, 1.54) is 0 Å². The van der Waals surface area contributed by atoms with E-state index in [9.17, 15) is 0 Å². The van der Waals surface area contributed by atoms with Gasteiger partial charge in [-0.15, -0.1) is 0 Å². The van der Waals surface area contributed by atoms with E-state index in [2.05, 4.69) is 16.9 Å². The topological polar surface area (TPSA) is 37.9 Å². The molecule has 0 atom stereocenters. The summed E-state index contributed by atoms with van der Waals surface area (Å²) in [6, 6.07) is 8.00.